The molecule has 196 valence electrons. The van der Waals surface area contributed by atoms with Crippen molar-refractivity contribution in [1.82, 2.24) is 0 Å². The smallest absolute Gasteiger partial charge is 0.201 e. The lowest BCUT2D eigenvalue weighted by Crippen LogP contribution is -2.87. The van der Waals surface area contributed by atoms with E-state index in [0.29, 0.717) is 4.90 Å². The summed E-state index contributed by atoms with van der Waals surface area (Å²) < 4.78 is 6.02. The maximum Gasteiger partial charge on any atom is 0.201 e. The van der Waals surface area contributed by atoms with E-state index in [0.717, 1.165) is 11.8 Å². The van der Waals surface area contributed by atoms with E-state index in [4.69, 9.17) is 4.74 Å². The molecule has 0 aromatic heterocycles. The van der Waals surface area contributed by atoms with Gasteiger partial charge in [-0.25, -0.2) is 0 Å². The molecule has 0 amide bonds. The highest BCUT2D eigenvalue weighted by Crippen LogP contribution is 2.55. The second kappa shape index (κ2) is 9.06. The molecule has 0 bridgehead atoms. The lowest BCUT2D eigenvalue weighted by Gasteiger charge is -2.60. The first-order valence-electron chi connectivity index (χ1n) is 11.8. The van der Waals surface area contributed by atoms with E-state index < -0.39 is 61.9 Å². The summed E-state index contributed by atoms with van der Waals surface area (Å²) in [5.74, 6) is -2.87. The van der Waals surface area contributed by atoms with Crippen molar-refractivity contribution in [3.05, 3.63) is 30.3 Å². The Kier molecular flexibility index (Phi) is 7.68. The van der Waals surface area contributed by atoms with Gasteiger partial charge in [-0.3, -0.25) is 14.4 Å². The molecule has 2 rings (SSSR count). The van der Waals surface area contributed by atoms with E-state index in [2.05, 4.69) is 0 Å². The van der Waals surface area contributed by atoms with Crippen LogP contribution >= 0.6 is 11.8 Å². The molecular formula is C27H40O7S. The van der Waals surface area contributed by atoms with Crippen LogP contribution in [0.5, 0.6) is 0 Å². The molecule has 1 saturated heterocycles. The van der Waals surface area contributed by atoms with Crippen molar-refractivity contribution in [2.75, 3.05) is 0 Å². The van der Waals surface area contributed by atoms with Crippen LogP contribution in [0.15, 0.2) is 35.2 Å². The third-order valence-corrected chi connectivity index (χ3v) is 7.62. The highest BCUT2D eigenvalue weighted by molar-refractivity contribution is 8.00. The molecule has 0 aliphatic carbocycles. The summed E-state index contributed by atoms with van der Waals surface area (Å²) >= 11 is 0.942. The number of ketones is 3. The number of rotatable bonds is 5. The van der Waals surface area contributed by atoms with Crippen molar-refractivity contribution in [2.45, 2.75) is 102 Å². The van der Waals surface area contributed by atoms with E-state index in [1.807, 2.05) is 0 Å². The molecule has 1 fully saturated rings. The molecule has 5 atom stereocenters. The summed E-state index contributed by atoms with van der Waals surface area (Å²) in [6.07, 6.45) is -1.43. The van der Waals surface area contributed by atoms with Crippen LogP contribution in [0.1, 0.15) is 69.2 Å². The molecule has 1 heterocycles. The molecule has 1 aliphatic heterocycles. The van der Waals surface area contributed by atoms with Crippen LogP contribution in [-0.2, 0) is 19.1 Å². The minimum absolute atomic E-state index is 0.600. The van der Waals surface area contributed by atoms with E-state index in [9.17, 15) is 29.7 Å². The van der Waals surface area contributed by atoms with E-state index in [1.54, 1.807) is 30.3 Å². The van der Waals surface area contributed by atoms with Crippen LogP contribution in [0, 0.1) is 16.2 Å². The van der Waals surface area contributed by atoms with Gasteiger partial charge in [-0.05, 0) is 19.1 Å². The first kappa shape index (κ1) is 29.6. The van der Waals surface area contributed by atoms with Gasteiger partial charge < -0.3 is 20.1 Å². The first-order valence-corrected chi connectivity index (χ1v) is 12.6. The molecule has 7 nitrogen and oxygen atoms in total. The lowest BCUT2D eigenvalue weighted by molar-refractivity contribution is -0.307. The van der Waals surface area contributed by atoms with Gasteiger partial charge in [0.2, 0.25) is 5.60 Å². The van der Waals surface area contributed by atoms with Crippen LogP contribution in [0.25, 0.3) is 0 Å². The predicted molar refractivity (Wildman–Crippen MR) is 135 cm³/mol. The Morgan fingerprint density at radius 1 is 0.743 bits per heavy atom. The third kappa shape index (κ3) is 4.64. The Morgan fingerprint density at radius 2 is 1.14 bits per heavy atom. The van der Waals surface area contributed by atoms with Crippen LogP contribution < -0.4 is 0 Å². The SMILES string of the molecule is C[C@H]1O[C@@H](Sc2ccccc2)[C@@](O)(C(=O)C(C)(C)C)[C@](O)(C(=O)C(C)(C)C)[C@]1(O)C(=O)C(C)(C)C. The molecular weight excluding hydrogens is 468 g/mol. The van der Waals surface area contributed by atoms with Gasteiger partial charge in [0, 0.05) is 21.1 Å². The Labute approximate surface area is 212 Å². The van der Waals surface area contributed by atoms with Crippen molar-refractivity contribution >= 4 is 29.1 Å². The minimum Gasteiger partial charge on any atom is -0.376 e. The van der Waals surface area contributed by atoms with E-state index in [-0.39, 0.29) is 0 Å². The molecule has 3 N–H and O–H groups in total. The molecule has 1 aliphatic rings. The molecule has 8 heteroatoms. The fourth-order valence-corrected chi connectivity index (χ4v) is 5.76. The fraction of sp³-hybridized carbons (Fsp3) is 0.667. The Morgan fingerprint density at radius 3 is 1.54 bits per heavy atom. The van der Waals surface area contributed by atoms with Gasteiger partial charge in [-0.1, -0.05) is 92.3 Å². The van der Waals surface area contributed by atoms with Gasteiger partial charge in [0.15, 0.2) is 28.6 Å². The largest absolute Gasteiger partial charge is 0.376 e. The van der Waals surface area contributed by atoms with E-state index >= 15 is 0 Å². The number of thioether (sulfide) groups is 1. The third-order valence-electron chi connectivity index (χ3n) is 6.41. The molecule has 0 saturated carbocycles. The quantitative estimate of drug-likeness (QED) is 0.552. The summed E-state index contributed by atoms with van der Waals surface area (Å²) in [6, 6.07) is 8.76. The number of ether oxygens (including phenoxy) is 1. The van der Waals surface area contributed by atoms with Gasteiger partial charge in [-0.2, -0.15) is 0 Å². The Balaban J connectivity index is 3.01. The van der Waals surface area contributed by atoms with Crippen LogP contribution in [0.4, 0.5) is 0 Å². The number of aliphatic hydroxyl groups is 3. The number of benzene rings is 1. The number of hydrogen-bond acceptors (Lipinski definition) is 8. The van der Waals surface area contributed by atoms with Gasteiger partial charge >= 0.3 is 0 Å². The van der Waals surface area contributed by atoms with Crippen molar-refractivity contribution in [1.29, 1.82) is 0 Å². The highest BCUT2D eigenvalue weighted by Gasteiger charge is 2.81. The van der Waals surface area contributed by atoms with Gasteiger partial charge in [0.1, 0.15) is 5.44 Å². The zero-order chi connectivity index (χ0) is 27.4. The van der Waals surface area contributed by atoms with Gasteiger partial charge in [0.25, 0.3) is 0 Å². The molecule has 0 unspecified atom stereocenters. The summed E-state index contributed by atoms with van der Waals surface area (Å²) in [5, 5.41) is 36.8. The van der Waals surface area contributed by atoms with Crippen molar-refractivity contribution in [3.8, 4) is 0 Å². The molecule has 1 aromatic rings. The second-order valence-electron chi connectivity index (χ2n) is 12.5. The molecule has 35 heavy (non-hydrogen) atoms. The monoisotopic (exact) mass is 508 g/mol. The lowest BCUT2D eigenvalue weighted by atomic mass is 9.54. The van der Waals surface area contributed by atoms with Crippen LogP contribution in [0.2, 0.25) is 0 Å². The highest BCUT2D eigenvalue weighted by atomic mass is 32.2. The van der Waals surface area contributed by atoms with Gasteiger partial charge in [-0.15, -0.1) is 0 Å². The van der Waals surface area contributed by atoms with Crippen molar-refractivity contribution in [2.24, 2.45) is 16.2 Å². The second-order valence-corrected chi connectivity index (χ2v) is 13.7. The zero-order valence-corrected chi connectivity index (χ0v) is 23.2. The summed E-state index contributed by atoms with van der Waals surface area (Å²) in [6.45, 7) is 15.0. The standard InChI is InChI=1S/C27H40O7S/c1-16-25(31,18(28)22(2,3)4)27(33,20(30)24(8,9)10)26(32,19(29)23(5,6)7)21(34-16)35-17-14-12-11-13-15-17/h11-16,21,31-33H,1-10H3/t16-,21+,25-,26+,27+/m1/s1. The topological polar surface area (TPSA) is 121 Å². The molecule has 1 aromatic carbocycles. The number of carbonyl (C=O) groups is 3. The Bertz CT molecular complexity index is 986. The predicted octanol–water partition coefficient (Wildman–Crippen LogP) is 3.56. The van der Waals surface area contributed by atoms with Crippen LogP contribution in [0.3, 0.4) is 0 Å². The Hall–Kier alpha value is -1.58. The summed E-state index contributed by atoms with van der Waals surface area (Å²) in [7, 11) is 0. The number of Topliss-reactive ketones (excluding diaryl/α,β-unsaturated/α-hetero) is 3. The maximum absolute atomic E-state index is 14.0. The minimum atomic E-state index is -3.21. The maximum atomic E-state index is 14.0. The van der Waals surface area contributed by atoms with Gasteiger partial charge in [0.05, 0.1) is 6.10 Å². The first-order chi connectivity index (χ1) is 15.6. The number of hydrogen-bond donors (Lipinski definition) is 3. The number of carbonyl (C=O) groups excluding carboxylic acids is 3. The van der Waals surface area contributed by atoms with Crippen molar-refractivity contribution < 1.29 is 34.4 Å². The van der Waals surface area contributed by atoms with Crippen molar-refractivity contribution in [3.63, 3.8) is 0 Å². The summed E-state index contributed by atoms with van der Waals surface area (Å²) in [4.78, 5) is 42.4. The normalized spacial score (nSPS) is 32.3. The zero-order valence-electron chi connectivity index (χ0n) is 22.4. The average molecular weight is 509 g/mol. The van der Waals surface area contributed by atoms with E-state index in [1.165, 1.54) is 69.2 Å². The molecule has 0 radical (unpaired) electrons. The molecule has 0 spiro atoms. The average Bonchev–Trinajstić information content (AvgIpc) is 2.73. The summed E-state index contributed by atoms with van der Waals surface area (Å²) in [5.41, 5.74) is -14.5. The fourth-order valence-electron chi connectivity index (χ4n) is 4.53. The van der Waals surface area contributed by atoms with Crippen LogP contribution in [-0.4, -0.2) is 61.0 Å².